The Hall–Kier alpha value is -2.95. The van der Waals surface area contributed by atoms with Crippen LogP contribution in [0.3, 0.4) is 0 Å². The van der Waals surface area contributed by atoms with Gasteiger partial charge in [-0.2, -0.15) is 5.10 Å². The van der Waals surface area contributed by atoms with E-state index in [0.717, 1.165) is 11.1 Å². The van der Waals surface area contributed by atoms with Crippen LogP contribution in [0.5, 0.6) is 0 Å². The Balaban J connectivity index is 1.79. The van der Waals surface area contributed by atoms with Gasteiger partial charge >= 0.3 is 0 Å². The Morgan fingerprint density at radius 3 is 2.83 bits per heavy atom. The molecule has 2 aromatic carbocycles. The first-order valence-electron chi connectivity index (χ1n) is 7.27. The number of halogens is 1. The minimum atomic E-state index is -0.334. The predicted molar refractivity (Wildman–Crippen MR) is 86.3 cm³/mol. The molecule has 3 rings (SSSR count). The van der Waals surface area contributed by atoms with Gasteiger partial charge in [0, 0.05) is 17.7 Å². The number of hydrogen-bond acceptors (Lipinski definition) is 2. The Kier molecular flexibility index (Phi) is 4.19. The third-order valence-corrected chi connectivity index (χ3v) is 3.59. The highest BCUT2D eigenvalue weighted by Crippen LogP contribution is 2.22. The van der Waals surface area contributed by atoms with E-state index in [1.165, 1.54) is 12.3 Å². The predicted octanol–water partition coefficient (Wildman–Crippen LogP) is 3.45. The zero-order valence-corrected chi connectivity index (χ0v) is 12.6. The number of aromatic amines is 1. The lowest BCUT2D eigenvalue weighted by molar-refractivity contribution is 0.0951. The summed E-state index contributed by atoms with van der Waals surface area (Å²) in [6.07, 6.45) is 1.48. The molecule has 0 saturated heterocycles. The average molecular weight is 309 g/mol. The van der Waals surface area contributed by atoms with Crippen LogP contribution in [0.2, 0.25) is 0 Å². The minimum Gasteiger partial charge on any atom is -0.348 e. The summed E-state index contributed by atoms with van der Waals surface area (Å²) in [5, 5.41) is 9.54. The summed E-state index contributed by atoms with van der Waals surface area (Å²) in [4.78, 5) is 12.4. The van der Waals surface area contributed by atoms with Gasteiger partial charge in [-0.15, -0.1) is 0 Å². The van der Waals surface area contributed by atoms with Gasteiger partial charge in [0.2, 0.25) is 0 Å². The van der Waals surface area contributed by atoms with Crippen LogP contribution in [0.25, 0.3) is 11.3 Å². The Labute approximate surface area is 133 Å². The van der Waals surface area contributed by atoms with E-state index in [2.05, 4.69) is 15.5 Å². The van der Waals surface area contributed by atoms with Crippen LogP contribution in [-0.2, 0) is 6.54 Å². The van der Waals surface area contributed by atoms with Crippen molar-refractivity contribution in [2.75, 3.05) is 0 Å². The maximum atomic E-state index is 13.6. The second kappa shape index (κ2) is 6.44. The average Bonchev–Trinajstić information content (AvgIpc) is 3.03. The summed E-state index contributed by atoms with van der Waals surface area (Å²) in [6, 6.07) is 14.2. The molecular weight excluding hydrogens is 293 g/mol. The third-order valence-electron chi connectivity index (χ3n) is 3.59. The highest BCUT2D eigenvalue weighted by Gasteiger charge is 2.15. The first kappa shape index (κ1) is 15.0. The molecule has 23 heavy (non-hydrogen) atoms. The number of aromatic nitrogens is 2. The van der Waals surface area contributed by atoms with Crippen molar-refractivity contribution in [2.24, 2.45) is 0 Å². The molecule has 0 aliphatic carbocycles. The fraction of sp³-hybridized carbons (Fsp3) is 0.111. The lowest BCUT2D eigenvalue weighted by atomic mass is 10.1. The molecule has 1 amide bonds. The normalized spacial score (nSPS) is 10.5. The molecular formula is C18H16FN3O. The molecule has 0 aliphatic rings. The van der Waals surface area contributed by atoms with Crippen LogP contribution in [0, 0.1) is 12.7 Å². The lowest BCUT2D eigenvalue weighted by Gasteiger charge is -2.07. The molecule has 0 fully saturated rings. The van der Waals surface area contributed by atoms with Gasteiger partial charge in [-0.25, -0.2) is 4.39 Å². The number of benzene rings is 2. The fourth-order valence-electron chi connectivity index (χ4n) is 2.39. The summed E-state index contributed by atoms with van der Waals surface area (Å²) in [7, 11) is 0. The molecule has 5 heteroatoms. The van der Waals surface area contributed by atoms with E-state index in [-0.39, 0.29) is 18.3 Å². The van der Waals surface area contributed by atoms with Gasteiger partial charge in [0.25, 0.3) is 5.91 Å². The summed E-state index contributed by atoms with van der Waals surface area (Å²) < 4.78 is 13.6. The Morgan fingerprint density at radius 1 is 1.22 bits per heavy atom. The van der Waals surface area contributed by atoms with E-state index >= 15 is 0 Å². The smallest absolute Gasteiger partial charge is 0.255 e. The van der Waals surface area contributed by atoms with Crippen molar-refractivity contribution in [3.05, 3.63) is 77.2 Å². The van der Waals surface area contributed by atoms with E-state index < -0.39 is 0 Å². The number of nitrogens with one attached hydrogen (secondary N) is 2. The molecule has 1 aromatic heterocycles. The summed E-state index contributed by atoms with van der Waals surface area (Å²) >= 11 is 0. The van der Waals surface area contributed by atoms with Crippen LogP contribution in [-0.4, -0.2) is 16.1 Å². The van der Waals surface area contributed by atoms with Crippen molar-refractivity contribution in [3.8, 4) is 11.3 Å². The first-order chi connectivity index (χ1) is 11.1. The molecule has 116 valence electrons. The zero-order valence-electron chi connectivity index (χ0n) is 12.6. The molecule has 0 aliphatic heterocycles. The van der Waals surface area contributed by atoms with Gasteiger partial charge in [0.05, 0.1) is 17.5 Å². The van der Waals surface area contributed by atoms with Crippen LogP contribution in [0.1, 0.15) is 21.5 Å². The number of aryl methyl sites for hydroxylation is 1. The Bertz CT molecular complexity index is 842. The van der Waals surface area contributed by atoms with E-state index in [4.69, 9.17) is 0 Å². The maximum absolute atomic E-state index is 13.6. The van der Waals surface area contributed by atoms with Gasteiger partial charge in [0.15, 0.2) is 0 Å². The van der Waals surface area contributed by atoms with Gasteiger partial charge < -0.3 is 5.32 Å². The summed E-state index contributed by atoms with van der Waals surface area (Å²) in [5.74, 6) is -0.627. The number of rotatable bonds is 4. The van der Waals surface area contributed by atoms with Gasteiger partial charge in [-0.05, 0) is 19.1 Å². The number of nitrogens with zero attached hydrogens (tertiary/aromatic N) is 1. The molecule has 1 heterocycles. The van der Waals surface area contributed by atoms with Crippen LogP contribution in [0.4, 0.5) is 4.39 Å². The monoisotopic (exact) mass is 309 g/mol. The quantitative estimate of drug-likeness (QED) is 0.775. The SMILES string of the molecule is Cc1cccc(-c2[nH]ncc2C(=O)NCc2ccccc2F)c1. The largest absolute Gasteiger partial charge is 0.348 e. The third kappa shape index (κ3) is 3.29. The number of hydrogen-bond donors (Lipinski definition) is 2. The van der Waals surface area contributed by atoms with Crippen molar-refractivity contribution in [3.63, 3.8) is 0 Å². The second-order valence-electron chi connectivity index (χ2n) is 5.30. The Morgan fingerprint density at radius 2 is 2.04 bits per heavy atom. The molecule has 3 aromatic rings. The van der Waals surface area contributed by atoms with Crippen LogP contribution < -0.4 is 5.32 Å². The van der Waals surface area contributed by atoms with E-state index in [9.17, 15) is 9.18 Å². The van der Waals surface area contributed by atoms with Crippen molar-refractivity contribution in [1.29, 1.82) is 0 Å². The summed E-state index contributed by atoms with van der Waals surface area (Å²) in [6.45, 7) is 2.11. The zero-order chi connectivity index (χ0) is 16.2. The topological polar surface area (TPSA) is 57.8 Å². The van der Waals surface area contributed by atoms with Gasteiger partial charge in [-0.3, -0.25) is 9.89 Å². The molecule has 2 N–H and O–H groups in total. The van der Waals surface area contributed by atoms with E-state index in [1.807, 2.05) is 31.2 Å². The highest BCUT2D eigenvalue weighted by atomic mass is 19.1. The highest BCUT2D eigenvalue weighted by molar-refractivity contribution is 5.99. The van der Waals surface area contributed by atoms with Gasteiger partial charge in [-0.1, -0.05) is 42.0 Å². The van der Waals surface area contributed by atoms with E-state index in [1.54, 1.807) is 18.2 Å². The molecule has 4 nitrogen and oxygen atoms in total. The second-order valence-corrected chi connectivity index (χ2v) is 5.30. The maximum Gasteiger partial charge on any atom is 0.255 e. The number of carbonyl (C=O) groups excluding carboxylic acids is 1. The van der Waals surface area contributed by atoms with Crippen LogP contribution >= 0.6 is 0 Å². The molecule has 0 spiro atoms. The van der Waals surface area contributed by atoms with Crippen molar-refractivity contribution in [2.45, 2.75) is 13.5 Å². The lowest BCUT2D eigenvalue weighted by Crippen LogP contribution is -2.23. The van der Waals surface area contributed by atoms with Crippen molar-refractivity contribution < 1.29 is 9.18 Å². The molecule has 0 atom stereocenters. The molecule has 0 unspecified atom stereocenters. The molecule has 0 saturated carbocycles. The van der Waals surface area contributed by atoms with Crippen LogP contribution in [0.15, 0.2) is 54.7 Å². The first-order valence-corrected chi connectivity index (χ1v) is 7.27. The van der Waals surface area contributed by atoms with Gasteiger partial charge in [0.1, 0.15) is 5.82 Å². The number of carbonyl (C=O) groups is 1. The molecule has 0 radical (unpaired) electrons. The van der Waals surface area contributed by atoms with Crippen molar-refractivity contribution in [1.82, 2.24) is 15.5 Å². The molecule has 0 bridgehead atoms. The van der Waals surface area contributed by atoms with Crippen molar-refractivity contribution >= 4 is 5.91 Å². The minimum absolute atomic E-state index is 0.129. The summed E-state index contributed by atoms with van der Waals surface area (Å²) in [5.41, 5.74) is 3.52. The fourth-order valence-corrected chi connectivity index (χ4v) is 2.39. The number of amides is 1. The standard InChI is InChI=1S/C18H16FN3O/c1-12-5-4-7-13(9-12)17-15(11-21-22-17)18(23)20-10-14-6-2-3-8-16(14)19/h2-9,11H,10H2,1H3,(H,20,23)(H,21,22). The van der Waals surface area contributed by atoms with E-state index in [0.29, 0.717) is 16.8 Å². The number of H-pyrrole nitrogens is 1.